The summed E-state index contributed by atoms with van der Waals surface area (Å²) >= 11 is 0. The van der Waals surface area contributed by atoms with E-state index in [0.717, 1.165) is 37.3 Å². The first-order chi connectivity index (χ1) is 8.29. The molecule has 2 N–H and O–H groups in total. The third-order valence-corrected chi connectivity index (χ3v) is 4.86. The summed E-state index contributed by atoms with van der Waals surface area (Å²) in [5.41, 5.74) is 0. The standard InChI is InChI=1S/C15H29NO/c1-2-13-7-3-4-9-15(13)16-11-12-6-5-8-14(17)10-12/h12-17H,2-11H2,1H3. The van der Waals surface area contributed by atoms with E-state index in [9.17, 15) is 5.11 Å². The monoisotopic (exact) mass is 239 g/mol. The van der Waals surface area contributed by atoms with E-state index in [4.69, 9.17) is 0 Å². The van der Waals surface area contributed by atoms with Gasteiger partial charge in [0.25, 0.3) is 0 Å². The Morgan fingerprint density at radius 1 is 1.06 bits per heavy atom. The molecule has 2 heteroatoms. The highest BCUT2D eigenvalue weighted by Gasteiger charge is 2.25. The maximum Gasteiger partial charge on any atom is 0.0543 e. The number of aliphatic hydroxyl groups excluding tert-OH is 1. The van der Waals surface area contributed by atoms with E-state index in [-0.39, 0.29) is 6.10 Å². The first kappa shape index (κ1) is 13.4. The predicted octanol–water partition coefficient (Wildman–Crippen LogP) is 3.10. The summed E-state index contributed by atoms with van der Waals surface area (Å²) in [7, 11) is 0. The molecular formula is C15H29NO. The minimum absolute atomic E-state index is 0.0242. The number of nitrogens with one attached hydrogen (secondary N) is 1. The summed E-state index contributed by atoms with van der Waals surface area (Å²) in [5.74, 6) is 1.62. The quantitative estimate of drug-likeness (QED) is 0.790. The second-order valence-electron chi connectivity index (χ2n) is 6.15. The van der Waals surface area contributed by atoms with Crippen LogP contribution >= 0.6 is 0 Å². The first-order valence-electron chi connectivity index (χ1n) is 7.71. The molecule has 4 atom stereocenters. The van der Waals surface area contributed by atoms with Crippen molar-refractivity contribution in [1.29, 1.82) is 0 Å². The van der Waals surface area contributed by atoms with Crippen molar-refractivity contribution in [1.82, 2.24) is 5.32 Å². The Balaban J connectivity index is 1.72. The molecule has 2 aliphatic rings. The van der Waals surface area contributed by atoms with Gasteiger partial charge in [0.1, 0.15) is 0 Å². The Kier molecular flexibility index (Phi) is 5.30. The van der Waals surface area contributed by atoms with E-state index in [0.29, 0.717) is 0 Å². The summed E-state index contributed by atoms with van der Waals surface area (Å²) in [6, 6.07) is 0.757. The molecule has 0 spiro atoms. The van der Waals surface area contributed by atoms with Gasteiger partial charge in [-0.2, -0.15) is 0 Å². The van der Waals surface area contributed by atoms with Crippen LogP contribution in [0.25, 0.3) is 0 Å². The number of aliphatic hydroxyl groups is 1. The molecule has 0 aromatic heterocycles. The van der Waals surface area contributed by atoms with Crippen molar-refractivity contribution in [2.75, 3.05) is 6.54 Å². The molecule has 0 saturated heterocycles. The molecule has 0 radical (unpaired) electrons. The summed E-state index contributed by atoms with van der Waals surface area (Å²) in [6.07, 6.45) is 11.5. The summed E-state index contributed by atoms with van der Waals surface area (Å²) in [6.45, 7) is 3.47. The third-order valence-electron chi connectivity index (χ3n) is 4.86. The van der Waals surface area contributed by atoms with Gasteiger partial charge in [-0.1, -0.05) is 32.6 Å². The van der Waals surface area contributed by atoms with E-state index in [1.54, 1.807) is 0 Å². The second-order valence-corrected chi connectivity index (χ2v) is 6.15. The summed E-state index contributed by atoms with van der Waals surface area (Å²) < 4.78 is 0. The Hall–Kier alpha value is -0.0800. The lowest BCUT2D eigenvalue weighted by Crippen LogP contribution is -2.41. The van der Waals surface area contributed by atoms with Crippen LogP contribution in [-0.2, 0) is 0 Å². The minimum Gasteiger partial charge on any atom is -0.393 e. The molecule has 0 aromatic rings. The summed E-state index contributed by atoms with van der Waals surface area (Å²) in [5, 5.41) is 13.5. The van der Waals surface area contributed by atoms with Crippen molar-refractivity contribution in [2.45, 2.75) is 76.9 Å². The fourth-order valence-electron chi connectivity index (χ4n) is 3.73. The average molecular weight is 239 g/mol. The van der Waals surface area contributed by atoms with E-state index < -0.39 is 0 Å². The average Bonchev–Trinajstić information content (AvgIpc) is 2.37. The van der Waals surface area contributed by atoms with Gasteiger partial charge in [0, 0.05) is 6.04 Å². The van der Waals surface area contributed by atoms with Crippen molar-refractivity contribution in [3.63, 3.8) is 0 Å². The lowest BCUT2D eigenvalue weighted by Gasteiger charge is -2.34. The molecule has 0 heterocycles. The highest BCUT2D eigenvalue weighted by Crippen LogP contribution is 2.28. The van der Waals surface area contributed by atoms with E-state index in [2.05, 4.69) is 12.2 Å². The lowest BCUT2D eigenvalue weighted by molar-refractivity contribution is 0.0973. The van der Waals surface area contributed by atoms with Gasteiger partial charge >= 0.3 is 0 Å². The van der Waals surface area contributed by atoms with Crippen molar-refractivity contribution in [3.8, 4) is 0 Å². The van der Waals surface area contributed by atoms with Gasteiger partial charge in [0.15, 0.2) is 0 Å². The molecule has 0 bridgehead atoms. The molecule has 2 rings (SSSR count). The van der Waals surface area contributed by atoms with Crippen LogP contribution in [0.3, 0.4) is 0 Å². The van der Waals surface area contributed by atoms with Crippen molar-refractivity contribution >= 4 is 0 Å². The van der Waals surface area contributed by atoms with Crippen LogP contribution in [-0.4, -0.2) is 23.8 Å². The fraction of sp³-hybridized carbons (Fsp3) is 1.00. The van der Waals surface area contributed by atoms with Gasteiger partial charge in [-0.3, -0.25) is 0 Å². The molecule has 17 heavy (non-hydrogen) atoms. The molecular weight excluding hydrogens is 210 g/mol. The zero-order valence-electron chi connectivity index (χ0n) is 11.3. The first-order valence-corrected chi connectivity index (χ1v) is 7.71. The van der Waals surface area contributed by atoms with E-state index >= 15 is 0 Å². The number of rotatable bonds is 4. The minimum atomic E-state index is -0.0242. The molecule has 0 amide bonds. The van der Waals surface area contributed by atoms with E-state index in [1.807, 2.05) is 0 Å². The smallest absolute Gasteiger partial charge is 0.0543 e. The Morgan fingerprint density at radius 3 is 2.65 bits per heavy atom. The van der Waals surface area contributed by atoms with Crippen molar-refractivity contribution < 1.29 is 5.11 Å². The van der Waals surface area contributed by atoms with Gasteiger partial charge in [-0.25, -0.2) is 0 Å². The third kappa shape index (κ3) is 3.96. The summed E-state index contributed by atoms with van der Waals surface area (Å²) in [4.78, 5) is 0. The number of hydrogen-bond donors (Lipinski definition) is 2. The molecule has 0 aromatic carbocycles. The second kappa shape index (κ2) is 6.75. The van der Waals surface area contributed by atoms with Crippen molar-refractivity contribution in [3.05, 3.63) is 0 Å². The Bertz CT molecular complexity index is 219. The van der Waals surface area contributed by atoms with Gasteiger partial charge in [0.2, 0.25) is 0 Å². The molecule has 2 saturated carbocycles. The maximum atomic E-state index is 9.69. The Morgan fingerprint density at radius 2 is 1.88 bits per heavy atom. The van der Waals surface area contributed by atoms with Crippen LogP contribution in [0.4, 0.5) is 0 Å². The van der Waals surface area contributed by atoms with Gasteiger partial charge < -0.3 is 10.4 Å². The zero-order valence-corrected chi connectivity index (χ0v) is 11.3. The molecule has 4 unspecified atom stereocenters. The van der Waals surface area contributed by atoms with Crippen LogP contribution in [0.1, 0.15) is 64.7 Å². The van der Waals surface area contributed by atoms with E-state index in [1.165, 1.54) is 44.9 Å². The van der Waals surface area contributed by atoms with Crippen LogP contribution in [0.15, 0.2) is 0 Å². The number of hydrogen-bond acceptors (Lipinski definition) is 2. The zero-order chi connectivity index (χ0) is 12.1. The molecule has 0 aliphatic heterocycles. The SMILES string of the molecule is CCC1CCCCC1NCC1CCCC(O)C1. The van der Waals surface area contributed by atoms with Crippen LogP contribution in [0.5, 0.6) is 0 Å². The van der Waals surface area contributed by atoms with Crippen LogP contribution in [0.2, 0.25) is 0 Å². The topological polar surface area (TPSA) is 32.3 Å². The normalized spacial score (nSPS) is 39.2. The van der Waals surface area contributed by atoms with Crippen molar-refractivity contribution in [2.24, 2.45) is 11.8 Å². The maximum absolute atomic E-state index is 9.69. The highest BCUT2D eigenvalue weighted by atomic mass is 16.3. The van der Waals surface area contributed by atoms with Crippen LogP contribution < -0.4 is 5.32 Å². The lowest BCUT2D eigenvalue weighted by atomic mass is 9.82. The fourth-order valence-corrected chi connectivity index (χ4v) is 3.73. The molecule has 2 aliphatic carbocycles. The van der Waals surface area contributed by atoms with Crippen LogP contribution in [0, 0.1) is 11.8 Å². The van der Waals surface area contributed by atoms with Gasteiger partial charge in [-0.15, -0.1) is 0 Å². The molecule has 100 valence electrons. The molecule has 2 nitrogen and oxygen atoms in total. The van der Waals surface area contributed by atoms with Gasteiger partial charge in [0.05, 0.1) is 6.10 Å². The largest absolute Gasteiger partial charge is 0.393 e. The predicted molar refractivity (Wildman–Crippen MR) is 72.0 cm³/mol. The Labute approximate surface area is 106 Å². The molecule has 2 fully saturated rings. The highest BCUT2D eigenvalue weighted by molar-refractivity contribution is 4.82. The van der Waals surface area contributed by atoms with Gasteiger partial charge in [-0.05, 0) is 50.5 Å².